The molecule has 3 amide bonds. The maximum atomic E-state index is 11.8. The first-order chi connectivity index (χ1) is 9.95. The van der Waals surface area contributed by atoms with E-state index in [1.54, 1.807) is 19.1 Å². The van der Waals surface area contributed by atoms with Crippen molar-refractivity contribution in [2.45, 2.75) is 44.8 Å². The number of benzene rings is 1. The lowest BCUT2D eigenvalue weighted by Crippen LogP contribution is -2.46. The van der Waals surface area contributed by atoms with Gasteiger partial charge in [-0.15, -0.1) is 0 Å². The number of urea groups is 1. The predicted molar refractivity (Wildman–Crippen MR) is 81.8 cm³/mol. The summed E-state index contributed by atoms with van der Waals surface area (Å²) in [5, 5.41) is 8.15. The third-order valence-corrected chi connectivity index (χ3v) is 3.36. The van der Waals surface area contributed by atoms with Crippen molar-refractivity contribution in [3.63, 3.8) is 0 Å². The summed E-state index contributed by atoms with van der Waals surface area (Å²) < 4.78 is 0. The van der Waals surface area contributed by atoms with Gasteiger partial charge in [-0.3, -0.25) is 4.79 Å². The average molecular weight is 290 g/mol. The summed E-state index contributed by atoms with van der Waals surface area (Å²) in [5.74, 6) is -0.153. The largest absolute Gasteiger partial charge is 0.352 e. The predicted octanol–water partition coefficient (Wildman–Crippen LogP) is 1.49. The van der Waals surface area contributed by atoms with Crippen LogP contribution in [-0.4, -0.2) is 24.0 Å². The van der Waals surface area contributed by atoms with Gasteiger partial charge in [0, 0.05) is 17.8 Å². The van der Waals surface area contributed by atoms with Crippen molar-refractivity contribution in [2.24, 2.45) is 5.73 Å². The Labute approximate surface area is 124 Å². The van der Waals surface area contributed by atoms with Gasteiger partial charge >= 0.3 is 6.03 Å². The van der Waals surface area contributed by atoms with Crippen LogP contribution < -0.4 is 21.7 Å². The van der Waals surface area contributed by atoms with Crippen LogP contribution in [0.2, 0.25) is 0 Å². The zero-order chi connectivity index (χ0) is 15.4. The Morgan fingerprint density at radius 1 is 1.19 bits per heavy atom. The van der Waals surface area contributed by atoms with Gasteiger partial charge in [-0.05, 0) is 44.4 Å². The molecule has 0 radical (unpaired) electrons. The molecule has 1 aliphatic rings. The van der Waals surface area contributed by atoms with E-state index < -0.39 is 12.1 Å². The molecule has 0 saturated heterocycles. The normalized spacial score (nSPS) is 16.7. The summed E-state index contributed by atoms with van der Waals surface area (Å²) in [7, 11) is 0. The van der Waals surface area contributed by atoms with Crippen molar-refractivity contribution in [3.05, 3.63) is 29.8 Å². The monoisotopic (exact) mass is 290 g/mol. The number of nitrogens with two attached hydrogens (primary N) is 1. The molecule has 0 spiro atoms. The van der Waals surface area contributed by atoms with Crippen LogP contribution in [0.5, 0.6) is 0 Å². The molecule has 1 aliphatic carbocycles. The highest BCUT2D eigenvalue weighted by molar-refractivity contribution is 5.93. The van der Waals surface area contributed by atoms with Crippen LogP contribution in [0.15, 0.2) is 24.3 Å². The van der Waals surface area contributed by atoms with E-state index in [9.17, 15) is 9.59 Å². The van der Waals surface area contributed by atoms with Crippen molar-refractivity contribution >= 4 is 17.6 Å². The Morgan fingerprint density at radius 3 is 2.33 bits per heavy atom. The molecular weight excluding hydrogens is 268 g/mol. The van der Waals surface area contributed by atoms with E-state index in [2.05, 4.69) is 16.0 Å². The molecule has 2 atom stereocenters. The van der Waals surface area contributed by atoms with Gasteiger partial charge in [-0.2, -0.15) is 0 Å². The van der Waals surface area contributed by atoms with E-state index in [1.165, 1.54) is 0 Å². The minimum absolute atomic E-state index is 0.0426. The zero-order valence-corrected chi connectivity index (χ0v) is 12.3. The second kappa shape index (κ2) is 6.58. The van der Waals surface area contributed by atoms with Gasteiger partial charge in [0.05, 0.1) is 0 Å². The summed E-state index contributed by atoms with van der Waals surface area (Å²) in [4.78, 5) is 23.6. The molecule has 2 unspecified atom stereocenters. The summed E-state index contributed by atoms with van der Waals surface area (Å²) in [6.45, 7) is 3.56. The first-order valence-electron chi connectivity index (χ1n) is 7.19. The van der Waals surface area contributed by atoms with Crippen LogP contribution in [0.1, 0.15) is 38.3 Å². The van der Waals surface area contributed by atoms with E-state index in [0.717, 1.165) is 18.4 Å². The van der Waals surface area contributed by atoms with Crippen molar-refractivity contribution in [2.75, 3.05) is 5.32 Å². The summed E-state index contributed by atoms with van der Waals surface area (Å²) in [6.07, 6.45) is 2.05. The first-order valence-corrected chi connectivity index (χ1v) is 7.19. The lowest BCUT2D eigenvalue weighted by molar-refractivity contribution is -0.122. The smallest absolute Gasteiger partial charge is 0.319 e. The van der Waals surface area contributed by atoms with E-state index in [1.807, 2.05) is 19.1 Å². The Bertz CT molecular complexity index is 509. The molecular formula is C15H22N4O2. The molecule has 5 N–H and O–H groups in total. The van der Waals surface area contributed by atoms with E-state index >= 15 is 0 Å². The average Bonchev–Trinajstić information content (AvgIpc) is 3.23. The lowest BCUT2D eigenvalue weighted by atomic mass is 10.1. The van der Waals surface area contributed by atoms with Crippen molar-refractivity contribution in [1.82, 2.24) is 10.6 Å². The minimum atomic E-state index is -0.561. The van der Waals surface area contributed by atoms with E-state index in [0.29, 0.717) is 5.69 Å². The van der Waals surface area contributed by atoms with Crippen LogP contribution in [0, 0.1) is 0 Å². The highest BCUT2D eigenvalue weighted by atomic mass is 16.2. The molecule has 21 heavy (non-hydrogen) atoms. The molecule has 0 heterocycles. The summed E-state index contributed by atoms with van der Waals surface area (Å²) >= 11 is 0. The SMILES string of the molecule is CC(NC(=O)Nc1ccc(C(C)N)cc1)C(=O)NC1CC1. The number of rotatable bonds is 5. The Hall–Kier alpha value is -2.08. The fourth-order valence-corrected chi connectivity index (χ4v) is 1.85. The molecule has 0 aromatic heterocycles. The van der Waals surface area contributed by atoms with Gasteiger partial charge in [0.1, 0.15) is 6.04 Å². The van der Waals surface area contributed by atoms with Gasteiger partial charge in [0.2, 0.25) is 5.91 Å². The van der Waals surface area contributed by atoms with E-state index in [-0.39, 0.29) is 18.0 Å². The van der Waals surface area contributed by atoms with Gasteiger partial charge in [0.25, 0.3) is 0 Å². The molecule has 1 aromatic rings. The number of hydrogen-bond donors (Lipinski definition) is 4. The molecule has 0 bridgehead atoms. The topological polar surface area (TPSA) is 96.2 Å². The second-order valence-corrected chi connectivity index (χ2v) is 5.51. The summed E-state index contributed by atoms with van der Waals surface area (Å²) in [6, 6.07) is 6.58. The van der Waals surface area contributed by atoms with E-state index in [4.69, 9.17) is 5.73 Å². The molecule has 6 nitrogen and oxygen atoms in total. The maximum Gasteiger partial charge on any atom is 0.319 e. The first kappa shape index (κ1) is 15.3. The fourth-order valence-electron chi connectivity index (χ4n) is 1.85. The van der Waals surface area contributed by atoms with Crippen LogP contribution in [0.3, 0.4) is 0 Å². The molecule has 2 rings (SSSR count). The van der Waals surface area contributed by atoms with Gasteiger partial charge in [-0.1, -0.05) is 12.1 Å². The minimum Gasteiger partial charge on any atom is -0.352 e. The molecule has 0 aliphatic heterocycles. The van der Waals surface area contributed by atoms with Crippen LogP contribution in [0.25, 0.3) is 0 Å². The quantitative estimate of drug-likeness (QED) is 0.661. The van der Waals surface area contributed by atoms with Crippen LogP contribution in [0.4, 0.5) is 10.5 Å². The van der Waals surface area contributed by atoms with Crippen molar-refractivity contribution in [1.29, 1.82) is 0 Å². The standard InChI is InChI=1S/C15H22N4O2/c1-9(16)11-3-5-13(6-4-11)19-15(21)17-10(2)14(20)18-12-7-8-12/h3-6,9-10,12H,7-8,16H2,1-2H3,(H,18,20)(H2,17,19,21). The number of hydrogen-bond acceptors (Lipinski definition) is 3. The van der Waals surface area contributed by atoms with Crippen LogP contribution in [-0.2, 0) is 4.79 Å². The Morgan fingerprint density at radius 2 is 1.81 bits per heavy atom. The van der Waals surface area contributed by atoms with Crippen LogP contribution >= 0.6 is 0 Å². The van der Waals surface area contributed by atoms with Crippen molar-refractivity contribution in [3.8, 4) is 0 Å². The Kier molecular flexibility index (Phi) is 4.80. The number of amides is 3. The molecule has 1 saturated carbocycles. The highest BCUT2D eigenvalue weighted by Crippen LogP contribution is 2.18. The number of nitrogens with one attached hydrogen (secondary N) is 3. The molecule has 6 heteroatoms. The number of carbonyl (C=O) groups excluding carboxylic acids is 2. The maximum absolute atomic E-state index is 11.8. The second-order valence-electron chi connectivity index (χ2n) is 5.51. The van der Waals surface area contributed by atoms with Gasteiger partial charge < -0.3 is 21.7 Å². The lowest BCUT2D eigenvalue weighted by Gasteiger charge is -2.15. The molecule has 114 valence electrons. The number of anilines is 1. The fraction of sp³-hybridized carbons (Fsp3) is 0.467. The van der Waals surface area contributed by atoms with Gasteiger partial charge in [0.15, 0.2) is 0 Å². The third-order valence-electron chi connectivity index (χ3n) is 3.36. The summed E-state index contributed by atoms with van der Waals surface area (Å²) in [5.41, 5.74) is 7.42. The third kappa shape index (κ3) is 4.75. The molecule has 1 fully saturated rings. The Balaban J connectivity index is 1.81. The highest BCUT2D eigenvalue weighted by Gasteiger charge is 2.26. The molecule has 1 aromatic carbocycles. The number of carbonyl (C=O) groups is 2. The van der Waals surface area contributed by atoms with Crippen molar-refractivity contribution < 1.29 is 9.59 Å². The zero-order valence-electron chi connectivity index (χ0n) is 12.3. The van der Waals surface area contributed by atoms with Gasteiger partial charge in [-0.25, -0.2) is 4.79 Å².